The predicted octanol–water partition coefficient (Wildman–Crippen LogP) is 4.15. The van der Waals surface area contributed by atoms with Crippen molar-refractivity contribution in [2.24, 2.45) is 0 Å². The van der Waals surface area contributed by atoms with Crippen molar-refractivity contribution in [1.29, 1.82) is 0 Å². The van der Waals surface area contributed by atoms with E-state index in [9.17, 15) is 9.18 Å². The highest BCUT2D eigenvalue weighted by Crippen LogP contribution is 2.19. The summed E-state index contributed by atoms with van der Waals surface area (Å²) in [4.78, 5) is 11.8. The van der Waals surface area contributed by atoms with Crippen molar-refractivity contribution in [2.75, 3.05) is 17.2 Å². The highest BCUT2D eigenvalue weighted by Gasteiger charge is 2.05. The number of aryl methyl sites for hydroxylation is 2. The number of rotatable bonds is 4. The smallest absolute Gasteiger partial charge is 0.243 e. The largest absolute Gasteiger partial charge is 0.376 e. The number of nitrogens with one attached hydrogen (secondary N) is 2. The molecule has 1 amide bonds. The molecule has 0 aromatic heterocycles. The fourth-order valence-electron chi connectivity index (χ4n) is 1.81. The molecule has 0 atom stereocenters. The van der Waals surface area contributed by atoms with Crippen molar-refractivity contribution in [3.63, 3.8) is 0 Å². The molecule has 2 aromatic rings. The Kier molecular flexibility index (Phi) is 4.81. The van der Waals surface area contributed by atoms with Gasteiger partial charge in [-0.25, -0.2) is 4.39 Å². The maximum Gasteiger partial charge on any atom is 0.243 e. The van der Waals surface area contributed by atoms with E-state index in [0.717, 1.165) is 11.3 Å². The van der Waals surface area contributed by atoms with Crippen molar-refractivity contribution in [3.05, 3.63) is 58.4 Å². The van der Waals surface area contributed by atoms with Crippen molar-refractivity contribution < 1.29 is 9.18 Å². The molecule has 2 rings (SSSR count). The van der Waals surface area contributed by atoms with Gasteiger partial charge in [0.2, 0.25) is 5.91 Å². The lowest BCUT2D eigenvalue weighted by molar-refractivity contribution is -0.114. The zero-order valence-electron chi connectivity index (χ0n) is 11.8. The van der Waals surface area contributed by atoms with Gasteiger partial charge in [-0.05, 0) is 55.3 Å². The summed E-state index contributed by atoms with van der Waals surface area (Å²) in [5.74, 6) is -0.737. The molecule has 0 radical (unpaired) electrons. The Balaban J connectivity index is 1.92. The standard InChI is InChI=1S/C16H16ClFN2O/c1-10-3-4-12(7-11(10)2)19-9-16(21)20-13-5-6-15(18)14(17)8-13/h3-8,19H,9H2,1-2H3,(H,20,21). The van der Waals surface area contributed by atoms with E-state index in [0.29, 0.717) is 5.69 Å². The zero-order chi connectivity index (χ0) is 15.4. The molecule has 2 aromatic carbocycles. The van der Waals surface area contributed by atoms with Gasteiger partial charge in [-0.1, -0.05) is 17.7 Å². The Morgan fingerprint density at radius 3 is 2.48 bits per heavy atom. The third-order valence-corrected chi connectivity index (χ3v) is 3.45. The number of hydrogen-bond donors (Lipinski definition) is 2. The maximum atomic E-state index is 13.0. The number of halogens is 2. The number of benzene rings is 2. The number of carbonyl (C=O) groups excluding carboxylic acids is 1. The van der Waals surface area contributed by atoms with Crippen LogP contribution in [0.2, 0.25) is 5.02 Å². The van der Waals surface area contributed by atoms with Crippen LogP contribution in [0.4, 0.5) is 15.8 Å². The molecule has 110 valence electrons. The fourth-order valence-corrected chi connectivity index (χ4v) is 1.99. The minimum absolute atomic E-state index is 0.0186. The zero-order valence-corrected chi connectivity index (χ0v) is 12.6. The third-order valence-electron chi connectivity index (χ3n) is 3.16. The van der Waals surface area contributed by atoms with Gasteiger partial charge in [0.25, 0.3) is 0 Å². The molecule has 2 N–H and O–H groups in total. The molecule has 0 saturated carbocycles. The highest BCUT2D eigenvalue weighted by atomic mass is 35.5. The summed E-state index contributed by atoms with van der Waals surface area (Å²) in [5.41, 5.74) is 3.70. The van der Waals surface area contributed by atoms with E-state index in [4.69, 9.17) is 11.6 Å². The lowest BCUT2D eigenvalue weighted by atomic mass is 10.1. The summed E-state index contributed by atoms with van der Waals surface area (Å²) in [7, 11) is 0. The van der Waals surface area contributed by atoms with E-state index < -0.39 is 5.82 Å². The highest BCUT2D eigenvalue weighted by molar-refractivity contribution is 6.31. The molecule has 0 spiro atoms. The molecule has 0 heterocycles. The van der Waals surface area contributed by atoms with E-state index in [1.54, 1.807) is 0 Å². The van der Waals surface area contributed by atoms with Gasteiger partial charge >= 0.3 is 0 Å². The second kappa shape index (κ2) is 6.59. The van der Waals surface area contributed by atoms with E-state index in [2.05, 4.69) is 10.6 Å². The van der Waals surface area contributed by atoms with Crippen molar-refractivity contribution >= 4 is 28.9 Å². The monoisotopic (exact) mass is 306 g/mol. The van der Waals surface area contributed by atoms with Crippen LogP contribution < -0.4 is 10.6 Å². The lowest BCUT2D eigenvalue weighted by Gasteiger charge is -2.09. The van der Waals surface area contributed by atoms with Crippen LogP contribution in [0.1, 0.15) is 11.1 Å². The van der Waals surface area contributed by atoms with Gasteiger partial charge in [0.15, 0.2) is 0 Å². The first-order valence-corrected chi connectivity index (χ1v) is 6.89. The Hall–Kier alpha value is -2.07. The fraction of sp³-hybridized carbons (Fsp3) is 0.188. The van der Waals surface area contributed by atoms with Crippen LogP contribution in [0.25, 0.3) is 0 Å². The molecule has 0 aliphatic heterocycles. The molecule has 3 nitrogen and oxygen atoms in total. The Bertz CT molecular complexity index is 673. The van der Waals surface area contributed by atoms with Crippen LogP contribution in [-0.2, 0) is 4.79 Å². The van der Waals surface area contributed by atoms with Crippen molar-refractivity contribution in [3.8, 4) is 0 Å². The average molecular weight is 307 g/mol. The molecule has 0 aliphatic rings. The molecule has 5 heteroatoms. The molecule has 0 unspecified atom stereocenters. The molecule has 0 bridgehead atoms. The summed E-state index contributed by atoms with van der Waals surface area (Å²) < 4.78 is 13.0. The van der Waals surface area contributed by atoms with Gasteiger partial charge < -0.3 is 10.6 Å². The lowest BCUT2D eigenvalue weighted by Crippen LogP contribution is -2.21. The first kappa shape index (κ1) is 15.3. The summed E-state index contributed by atoms with van der Waals surface area (Å²) in [6, 6.07) is 9.96. The Morgan fingerprint density at radius 2 is 1.81 bits per heavy atom. The molecule has 0 aliphatic carbocycles. The number of hydrogen-bond acceptors (Lipinski definition) is 2. The molecule has 0 saturated heterocycles. The van der Waals surface area contributed by atoms with Gasteiger partial charge in [0.1, 0.15) is 5.82 Å². The summed E-state index contributed by atoms with van der Waals surface area (Å²) in [5, 5.41) is 5.67. The number of anilines is 2. The van der Waals surface area contributed by atoms with Gasteiger partial charge in [-0.3, -0.25) is 4.79 Å². The second-order valence-corrected chi connectivity index (χ2v) is 5.24. The summed E-state index contributed by atoms with van der Waals surface area (Å²) >= 11 is 5.66. The van der Waals surface area contributed by atoms with Crippen LogP contribution in [0.5, 0.6) is 0 Å². The minimum atomic E-state index is -0.511. The maximum absolute atomic E-state index is 13.0. The van der Waals surface area contributed by atoms with Gasteiger partial charge in [-0.15, -0.1) is 0 Å². The van der Waals surface area contributed by atoms with Gasteiger partial charge in [0, 0.05) is 11.4 Å². The second-order valence-electron chi connectivity index (χ2n) is 4.83. The van der Waals surface area contributed by atoms with Crippen LogP contribution in [0.15, 0.2) is 36.4 Å². The summed E-state index contributed by atoms with van der Waals surface area (Å²) in [6.07, 6.45) is 0. The van der Waals surface area contributed by atoms with Crippen LogP contribution in [-0.4, -0.2) is 12.5 Å². The minimum Gasteiger partial charge on any atom is -0.376 e. The Morgan fingerprint density at radius 1 is 1.10 bits per heavy atom. The topological polar surface area (TPSA) is 41.1 Å². The SMILES string of the molecule is Cc1ccc(NCC(=O)Nc2ccc(F)c(Cl)c2)cc1C. The summed E-state index contributed by atoms with van der Waals surface area (Å²) in [6.45, 7) is 4.17. The van der Waals surface area contributed by atoms with Crippen LogP contribution in [0.3, 0.4) is 0 Å². The molecule has 0 fully saturated rings. The third kappa shape index (κ3) is 4.20. The van der Waals surface area contributed by atoms with E-state index in [1.807, 2.05) is 32.0 Å². The van der Waals surface area contributed by atoms with E-state index in [-0.39, 0.29) is 17.5 Å². The van der Waals surface area contributed by atoms with E-state index in [1.165, 1.54) is 23.8 Å². The quantitative estimate of drug-likeness (QED) is 0.891. The first-order valence-electron chi connectivity index (χ1n) is 6.52. The van der Waals surface area contributed by atoms with Crippen molar-refractivity contribution in [2.45, 2.75) is 13.8 Å². The van der Waals surface area contributed by atoms with Crippen LogP contribution in [0, 0.1) is 19.7 Å². The number of carbonyl (C=O) groups is 1. The average Bonchev–Trinajstić information content (AvgIpc) is 2.44. The first-order chi connectivity index (χ1) is 9.95. The van der Waals surface area contributed by atoms with Crippen molar-refractivity contribution in [1.82, 2.24) is 0 Å². The predicted molar refractivity (Wildman–Crippen MR) is 84.4 cm³/mol. The molecule has 21 heavy (non-hydrogen) atoms. The Labute approximate surface area is 128 Å². The molecular weight excluding hydrogens is 291 g/mol. The number of amides is 1. The van der Waals surface area contributed by atoms with Crippen LogP contribution >= 0.6 is 11.6 Å². The normalized spacial score (nSPS) is 10.3. The van der Waals surface area contributed by atoms with Gasteiger partial charge in [0.05, 0.1) is 11.6 Å². The van der Waals surface area contributed by atoms with Gasteiger partial charge in [-0.2, -0.15) is 0 Å². The molecular formula is C16H16ClFN2O. The van der Waals surface area contributed by atoms with E-state index >= 15 is 0 Å².